The fourth-order valence-electron chi connectivity index (χ4n) is 1.25. The van der Waals surface area contributed by atoms with Crippen molar-refractivity contribution in [3.05, 3.63) is 28.9 Å². The van der Waals surface area contributed by atoms with E-state index >= 15 is 0 Å². The summed E-state index contributed by atoms with van der Waals surface area (Å²) in [6, 6.07) is 5.55. The quantitative estimate of drug-likeness (QED) is 0.909. The van der Waals surface area contributed by atoms with Gasteiger partial charge in [-0.3, -0.25) is 4.98 Å². The van der Waals surface area contributed by atoms with E-state index in [-0.39, 0.29) is 5.95 Å². The third-order valence-electron chi connectivity index (χ3n) is 1.94. The third kappa shape index (κ3) is 1.96. The first kappa shape index (κ1) is 10.8. The summed E-state index contributed by atoms with van der Waals surface area (Å²) in [5.74, 6) is 0.550. The highest BCUT2D eigenvalue weighted by molar-refractivity contribution is 9.10. The summed E-state index contributed by atoms with van der Waals surface area (Å²) < 4.78 is 5.72. The smallest absolute Gasteiger partial charge is 0.233 e. The lowest BCUT2D eigenvalue weighted by Crippen LogP contribution is -2.01. The standard InChI is InChI=1S/C10H9BrN4O/c1-16-9-7(11)8(14-10(12)15-9)6-4-2-3-5-13-6/h2-5H,1H3,(H2,12,14,15). The van der Waals surface area contributed by atoms with Crippen LogP contribution in [0.2, 0.25) is 0 Å². The first-order valence-electron chi connectivity index (χ1n) is 4.50. The lowest BCUT2D eigenvalue weighted by atomic mass is 10.2. The van der Waals surface area contributed by atoms with E-state index in [2.05, 4.69) is 30.9 Å². The number of nitrogen functional groups attached to an aromatic ring is 1. The van der Waals surface area contributed by atoms with Gasteiger partial charge in [-0.05, 0) is 28.1 Å². The highest BCUT2D eigenvalue weighted by Crippen LogP contribution is 2.32. The van der Waals surface area contributed by atoms with Crippen LogP contribution in [0.5, 0.6) is 5.88 Å². The van der Waals surface area contributed by atoms with Crippen LogP contribution in [0.15, 0.2) is 28.9 Å². The molecule has 0 radical (unpaired) electrons. The molecule has 6 heteroatoms. The van der Waals surface area contributed by atoms with E-state index in [4.69, 9.17) is 10.5 Å². The number of aromatic nitrogens is 3. The van der Waals surface area contributed by atoms with Gasteiger partial charge >= 0.3 is 0 Å². The minimum absolute atomic E-state index is 0.153. The lowest BCUT2D eigenvalue weighted by Gasteiger charge is -2.07. The van der Waals surface area contributed by atoms with Crippen molar-refractivity contribution in [3.8, 4) is 17.3 Å². The van der Waals surface area contributed by atoms with Crippen molar-refractivity contribution in [3.63, 3.8) is 0 Å². The van der Waals surface area contributed by atoms with E-state index in [0.717, 1.165) is 0 Å². The predicted molar refractivity (Wildman–Crippen MR) is 63.9 cm³/mol. The number of ether oxygens (including phenoxy) is 1. The number of pyridine rings is 1. The molecule has 0 amide bonds. The van der Waals surface area contributed by atoms with Gasteiger partial charge < -0.3 is 10.5 Å². The van der Waals surface area contributed by atoms with Crippen LogP contribution in [0, 0.1) is 0 Å². The molecule has 2 rings (SSSR count). The molecule has 0 saturated carbocycles. The molecule has 0 spiro atoms. The molecule has 0 atom stereocenters. The van der Waals surface area contributed by atoms with Crippen molar-refractivity contribution in [2.45, 2.75) is 0 Å². The topological polar surface area (TPSA) is 73.9 Å². The fraction of sp³-hybridized carbons (Fsp3) is 0.100. The van der Waals surface area contributed by atoms with Gasteiger partial charge in [0.1, 0.15) is 10.2 Å². The molecule has 0 fully saturated rings. The molecule has 0 aromatic carbocycles. The summed E-state index contributed by atoms with van der Waals surface area (Å²) in [6.45, 7) is 0. The van der Waals surface area contributed by atoms with Gasteiger partial charge in [-0.2, -0.15) is 4.98 Å². The Morgan fingerprint density at radius 1 is 1.31 bits per heavy atom. The Morgan fingerprint density at radius 2 is 2.12 bits per heavy atom. The molecule has 2 heterocycles. The SMILES string of the molecule is COc1nc(N)nc(-c2ccccn2)c1Br. The lowest BCUT2D eigenvalue weighted by molar-refractivity contribution is 0.395. The van der Waals surface area contributed by atoms with E-state index in [1.807, 2.05) is 18.2 Å². The zero-order valence-electron chi connectivity index (χ0n) is 8.51. The fourth-order valence-corrected chi connectivity index (χ4v) is 1.79. The van der Waals surface area contributed by atoms with Gasteiger partial charge in [0, 0.05) is 6.20 Å². The predicted octanol–water partition coefficient (Wildman–Crippen LogP) is 1.89. The Bertz CT molecular complexity index is 504. The van der Waals surface area contributed by atoms with Crippen LogP contribution in [0.4, 0.5) is 5.95 Å². The number of rotatable bonds is 2. The maximum Gasteiger partial charge on any atom is 0.233 e. The second-order valence-corrected chi connectivity index (χ2v) is 3.76. The van der Waals surface area contributed by atoms with E-state index in [9.17, 15) is 0 Å². The molecule has 2 aromatic rings. The highest BCUT2D eigenvalue weighted by Gasteiger charge is 2.13. The molecule has 0 aliphatic rings. The maximum atomic E-state index is 5.59. The van der Waals surface area contributed by atoms with Crippen LogP contribution in [-0.2, 0) is 0 Å². The van der Waals surface area contributed by atoms with Crippen LogP contribution in [0.3, 0.4) is 0 Å². The first-order valence-corrected chi connectivity index (χ1v) is 5.30. The molecule has 0 aliphatic heterocycles. The van der Waals surface area contributed by atoms with Crippen LogP contribution < -0.4 is 10.5 Å². The third-order valence-corrected chi connectivity index (χ3v) is 2.65. The number of halogens is 1. The molecule has 2 N–H and O–H groups in total. The highest BCUT2D eigenvalue weighted by atomic mass is 79.9. The average molecular weight is 281 g/mol. The van der Waals surface area contributed by atoms with Crippen LogP contribution in [0.1, 0.15) is 0 Å². The Labute approximate surface area is 101 Å². The van der Waals surface area contributed by atoms with Crippen molar-refractivity contribution in [1.82, 2.24) is 15.0 Å². The van der Waals surface area contributed by atoms with Crippen molar-refractivity contribution >= 4 is 21.9 Å². The van der Waals surface area contributed by atoms with Gasteiger partial charge in [0.2, 0.25) is 11.8 Å². The zero-order chi connectivity index (χ0) is 11.5. The van der Waals surface area contributed by atoms with E-state index in [1.54, 1.807) is 6.20 Å². The van der Waals surface area contributed by atoms with Gasteiger partial charge in [0.15, 0.2) is 0 Å². The summed E-state index contributed by atoms with van der Waals surface area (Å²) >= 11 is 3.37. The molecule has 0 aliphatic carbocycles. The van der Waals surface area contributed by atoms with Crippen LogP contribution in [0.25, 0.3) is 11.4 Å². The molecule has 82 valence electrons. The number of hydrogen-bond donors (Lipinski definition) is 1. The van der Waals surface area contributed by atoms with Gasteiger partial charge in [-0.1, -0.05) is 6.07 Å². The summed E-state index contributed by atoms with van der Waals surface area (Å²) in [7, 11) is 1.52. The van der Waals surface area contributed by atoms with Crippen molar-refractivity contribution in [2.75, 3.05) is 12.8 Å². The van der Waals surface area contributed by atoms with Crippen molar-refractivity contribution in [1.29, 1.82) is 0 Å². The Kier molecular flexibility index (Phi) is 3.00. The number of nitrogens with zero attached hydrogens (tertiary/aromatic N) is 3. The molecule has 5 nitrogen and oxygen atoms in total. The molecule has 0 saturated heterocycles. The normalized spacial score (nSPS) is 10.1. The molecule has 0 bridgehead atoms. The molecule has 0 unspecified atom stereocenters. The monoisotopic (exact) mass is 280 g/mol. The first-order chi connectivity index (χ1) is 7.72. The zero-order valence-corrected chi connectivity index (χ0v) is 10.1. The van der Waals surface area contributed by atoms with Crippen LogP contribution in [-0.4, -0.2) is 22.1 Å². The Balaban J connectivity index is 2.61. The average Bonchev–Trinajstić information content (AvgIpc) is 2.33. The van der Waals surface area contributed by atoms with Crippen molar-refractivity contribution < 1.29 is 4.74 Å². The van der Waals surface area contributed by atoms with E-state index in [1.165, 1.54) is 7.11 Å². The second-order valence-electron chi connectivity index (χ2n) is 2.97. The van der Waals surface area contributed by atoms with Crippen LogP contribution >= 0.6 is 15.9 Å². The van der Waals surface area contributed by atoms with Gasteiger partial charge in [0.25, 0.3) is 0 Å². The second kappa shape index (κ2) is 4.44. The Morgan fingerprint density at radius 3 is 2.75 bits per heavy atom. The van der Waals surface area contributed by atoms with E-state index in [0.29, 0.717) is 21.7 Å². The minimum atomic E-state index is 0.153. The number of anilines is 1. The van der Waals surface area contributed by atoms with Gasteiger partial charge in [0.05, 0.1) is 12.8 Å². The Hall–Kier alpha value is -1.69. The summed E-state index contributed by atoms with van der Waals surface area (Å²) in [5, 5.41) is 0. The summed E-state index contributed by atoms with van der Waals surface area (Å²) in [6.07, 6.45) is 1.69. The van der Waals surface area contributed by atoms with E-state index < -0.39 is 0 Å². The largest absolute Gasteiger partial charge is 0.480 e. The van der Waals surface area contributed by atoms with Crippen molar-refractivity contribution in [2.24, 2.45) is 0 Å². The molecular weight excluding hydrogens is 272 g/mol. The summed E-state index contributed by atoms with van der Waals surface area (Å²) in [5.41, 5.74) is 6.92. The maximum absolute atomic E-state index is 5.59. The summed E-state index contributed by atoms with van der Waals surface area (Å²) in [4.78, 5) is 12.3. The number of methoxy groups -OCH3 is 1. The number of hydrogen-bond acceptors (Lipinski definition) is 5. The molecule has 2 aromatic heterocycles. The van der Waals surface area contributed by atoms with Gasteiger partial charge in [-0.15, -0.1) is 0 Å². The van der Waals surface area contributed by atoms with Gasteiger partial charge in [-0.25, -0.2) is 4.98 Å². The molecule has 16 heavy (non-hydrogen) atoms. The number of nitrogens with two attached hydrogens (primary N) is 1. The molecular formula is C10H9BrN4O. The minimum Gasteiger partial charge on any atom is -0.480 e.